The highest BCUT2D eigenvalue weighted by atomic mass is 79.9. The van der Waals surface area contributed by atoms with E-state index in [1.54, 1.807) is 6.08 Å². The van der Waals surface area contributed by atoms with E-state index >= 15 is 0 Å². The van der Waals surface area contributed by atoms with Crippen molar-refractivity contribution in [3.63, 3.8) is 0 Å². The summed E-state index contributed by atoms with van der Waals surface area (Å²) in [4.78, 5) is 13.0. The smallest absolute Gasteiger partial charge is 0.266 e. The first-order valence-corrected chi connectivity index (χ1v) is 11.6. The molecule has 0 aromatic heterocycles. The van der Waals surface area contributed by atoms with Crippen molar-refractivity contribution in [3.05, 3.63) is 111 Å². The lowest BCUT2D eigenvalue weighted by molar-refractivity contribution is -0.112. The number of carbonyl (C=O) groups excluding carboxylic acids is 1. The number of ether oxygens (including phenoxy) is 1. The van der Waals surface area contributed by atoms with Gasteiger partial charge in [0.1, 0.15) is 24.0 Å². The molecule has 0 saturated carbocycles. The topological polar surface area (TPSA) is 62.1 Å². The third-order valence-corrected chi connectivity index (χ3v) is 6.34. The van der Waals surface area contributed by atoms with E-state index in [0.29, 0.717) is 23.6 Å². The summed E-state index contributed by atoms with van der Waals surface area (Å²) < 4.78 is 7.13. The minimum Gasteiger partial charge on any atom is -0.488 e. The molecule has 0 heterocycles. The van der Waals surface area contributed by atoms with Crippen molar-refractivity contribution in [2.45, 2.75) is 20.5 Å². The van der Waals surface area contributed by atoms with Crippen LogP contribution in [0.2, 0.25) is 0 Å². The third kappa shape index (κ3) is 5.19. The average Bonchev–Trinajstić information content (AvgIpc) is 2.84. The number of nitriles is 1. The van der Waals surface area contributed by atoms with E-state index in [1.165, 1.54) is 0 Å². The number of fused-ring (bicyclic) bond motifs is 1. The lowest BCUT2D eigenvalue weighted by Gasteiger charge is -2.14. The Morgan fingerprint density at radius 2 is 1.79 bits per heavy atom. The fraction of sp³-hybridized carbons (Fsp3) is 0.103. The molecule has 0 unspecified atom stereocenters. The standard InChI is InChI=1S/C29H23BrN2O2/c1-19-11-12-20(2)27(15-19)32-29(33)23(17-31)16-25-24-9-5-3-7-21(24)13-14-28(25)34-18-22-8-4-6-10-26(22)30/h3-16H,18H2,1-2H3,(H,32,33)/b23-16+. The van der Waals surface area contributed by atoms with Gasteiger partial charge in [0.2, 0.25) is 0 Å². The van der Waals surface area contributed by atoms with E-state index in [-0.39, 0.29) is 5.57 Å². The Morgan fingerprint density at radius 1 is 1.03 bits per heavy atom. The first kappa shape index (κ1) is 23.3. The lowest BCUT2D eigenvalue weighted by Crippen LogP contribution is -2.14. The van der Waals surface area contributed by atoms with Crippen LogP contribution in [-0.2, 0) is 11.4 Å². The molecule has 0 spiro atoms. The first-order chi connectivity index (χ1) is 16.5. The largest absolute Gasteiger partial charge is 0.488 e. The summed E-state index contributed by atoms with van der Waals surface area (Å²) in [5, 5.41) is 14.6. The van der Waals surface area contributed by atoms with E-state index in [1.807, 2.05) is 92.7 Å². The number of hydrogen-bond donors (Lipinski definition) is 1. The molecule has 4 nitrogen and oxygen atoms in total. The van der Waals surface area contributed by atoms with E-state index in [0.717, 1.165) is 31.9 Å². The molecule has 0 aliphatic carbocycles. The minimum absolute atomic E-state index is 0.00278. The van der Waals surface area contributed by atoms with Crippen LogP contribution in [0.3, 0.4) is 0 Å². The molecule has 1 amide bonds. The van der Waals surface area contributed by atoms with Gasteiger partial charge in [0, 0.05) is 21.3 Å². The monoisotopic (exact) mass is 510 g/mol. The second-order valence-corrected chi connectivity index (χ2v) is 8.88. The second-order valence-electron chi connectivity index (χ2n) is 8.02. The SMILES string of the molecule is Cc1ccc(C)c(NC(=O)/C(C#N)=C/c2c(OCc3ccccc3Br)ccc3ccccc23)c1. The highest BCUT2D eigenvalue weighted by molar-refractivity contribution is 9.10. The molecule has 4 rings (SSSR count). The molecule has 0 saturated heterocycles. The van der Waals surface area contributed by atoms with Gasteiger partial charge in [-0.2, -0.15) is 5.26 Å². The van der Waals surface area contributed by atoms with Crippen LogP contribution in [0.25, 0.3) is 16.8 Å². The number of aryl methyl sites for hydroxylation is 2. The van der Waals surface area contributed by atoms with Gasteiger partial charge in [0.05, 0.1) is 0 Å². The molecule has 0 aliphatic heterocycles. The van der Waals surface area contributed by atoms with Crippen LogP contribution in [0, 0.1) is 25.2 Å². The number of nitrogens with zero attached hydrogens (tertiary/aromatic N) is 1. The Morgan fingerprint density at radius 3 is 2.59 bits per heavy atom. The molecule has 168 valence electrons. The number of benzene rings is 4. The molecule has 4 aromatic carbocycles. The molecule has 0 atom stereocenters. The van der Waals surface area contributed by atoms with Crippen LogP contribution < -0.4 is 10.1 Å². The summed E-state index contributed by atoms with van der Waals surface area (Å²) in [6.07, 6.45) is 1.61. The Kier molecular flexibility index (Phi) is 7.10. The van der Waals surface area contributed by atoms with Crippen molar-refractivity contribution in [2.24, 2.45) is 0 Å². The fourth-order valence-electron chi connectivity index (χ4n) is 3.67. The maximum absolute atomic E-state index is 13.0. The predicted molar refractivity (Wildman–Crippen MR) is 141 cm³/mol. The first-order valence-electron chi connectivity index (χ1n) is 10.8. The van der Waals surface area contributed by atoms with Gasteiger partial charge in [-0.25, -0.2) is 0 Å². The number of rotatable bonds is 6. The predicted octanol–water partition coefficient (Wildman–Crippen LogP) is 7.34. The Balaban J connectivity index is 1.72. The van der Waals surface area contributed by atoms with Gasteiger partial charge >= 0.3 is 0 Å². The van der Waals surface area contributed by atoms with Gasteiger partial charge in [-0.3, -0.25) is 4.79 Å². The summed E-state index contributed by atoms with van der Waals surface area (Å²) in [6.45, 7) is 4.22. The summed E-state index contributed by atoms with van der Waals surface area (Å²) >= 11 is 3.55. The molecule has 34 heavy (non-hydrogen) atoms. The Bertz CT molecular complexity index is 1450. The number of anilines is 1. The highest BCUT2D eigenvalue weighted by Crippen LogP contribution is 2.32. The highest BCUT2D eigenvalue weighted by Gasteiger charge is 2.15. The number of nitrogens with one attached hydrogen (secondary N) is 1. The molecule has 5 heteroatoms. The van der Waals surface area contributed by atoms with Crippen LogP contribution >= 0.6 is 15.9 Å². The number of carbonyl (C=O) groups is 1. The van der Waals surface area contributed by atoms with Crippen molar-refractivity contribution >= 4 is 44.4 Å². The van der Waals surface area contributed by atoms with Crippen LogP contribution in [0.1, 0.15) is 22.3 Å². The molecular formula is C29H23BrN2O2. The Hall–Kier alpha value is -3.88. The van der Waals surface area contributed by atoms with Crippen LogP contribution in [-0.4, -0.2) is 5.91 Å². The van der Waals surface area contributed by atoms with Gasteiger partial charge in [0.25, 0.3) is 5.91 Å². The maximum Gasteiger partial charge on any atom is 0.266 e. The lowest BCUT2D eigenvalue weighted by atomic mass is 10.0. The van der Waals surface area contributed by atoms with Gasteiger partial charge < -0.3 is 10.1 Å². The zero-order valence-corrected chi connectivity index (χ0v) is 20.5. The molecule has 0 radical (unpaired) electrons. The summed E-state index contributed by atoms with van der Waals surface area (Å²) in [6, 6.07) is 27.4. The van der Waals surface area contributed by atoms with Crippen molar-refractivity contribution in [3.8, 4) is 11.8 Å². The van der Waals surface area contributed by atoms with Crippen LogP contribution in [0.4, 0.5) is 5.69 Å². The Labute approximate surface area is 207 Å². The molecule has 0 aliphatic rings. The maximum atomic E-state index is 13.0. The molecule has 0 fully saturated rings. The van der Waals surface area contributed by atoms with Gasteiger partial charge in [-0.1, -0.05) is 76.6 Å². The van der Waals surface area contributed by atoms with Gasteiger partial charge in [-0.15, -0.1) is 0 Å². The van der Waals surface area contributed by atoms with Crippen molar-refractivity contribution in [1.29, 1.82) is 5.26 Å². The third-order valence-electron chi connectivity index (χ3n) is 5.57. The summed E-state index contributed by atoms with van der Waals surface area (Å²) in [5.74, 6) is 0.141. The number of amides is 1. The summed E-state index contributed by atoms with van der Waals surface area (Å²) in [7, 11) is 0. The van der Waals surface area contributed by atoms with Crippen LogP contribution in [0.15, 0.2) is 88.9 Å². The fourth-order valence-corrected chi connectivity index (χ4v) is 4.07. The van der Waals surface area contributed by atoms with Crippen molar-refractivity contribution in [2.75, 3.05) is 5.32 Å². The van der Waals surface area contributed by atoms with E-state index in [2.05, 4.69) is 27.3 Å². The minimum atomic E-state index is -0.458. The van der Waals surface area contributed by atoms with Gasteiger partial charge in [-0.05, 0) is 60.0 Å². The van der Waals surface area contributed by atoms with Gasteiger partial charge in [0.15, 0.2) is 0 Å². The van der Waals surface area contributed by atoms with Crippen molar-refractivity contribution in [1.82, 2.24) is 0 Å². The summed E-state index contributed by atoms with van der Waals surface area (Å²) in [5.41, 5.74) is 4.34. The second kappa shape index (κ2) is 10.4. The van der Waals surface area contributed by atoms with E-state index in [9.17, 15) is 10.1 Å². The molecule has 0 bridgehead atoms. The van der Waals surface area contributed by atoms with E-state index < -0.39 is 5.91 Å². The van der Waals surface area contributed by atoms with Crippen LogP contribution in [0.5, 0.6) is 5.75 Å². The zero-order chi connectivity index (χ0) is 24.1. The number of hydrogen-bond acceptors (Lipinski definition) is 3. The zero-order valence-electron chi connectivity index (χ0n) is 18.9. The molecular weight excluding hydrogens is 488 g/mol. The quantitative estimate of drug-likeness (QED) is 0.218. The number of halogens is 1. The van der Waals surface area contributed by atoms with E-state index in [4.69, 9.17) is 4.74 Å². The average molecular weight is 511 g/mol. The normalized spacial score (nSPS) is 11.2. The molecule has 1 N–H and O–H groups in total. The molecule has 4 aromatic rings. The van der Waals surface area contributed by atoms with Crippen molar-refractivity contribution < 1.29 is 9.53 Å².